The lowest BCUT2D eigenvalue weighted by molar-refractivity contribution is 0.199. The third-order valence-corrected chi connectivity index (χ3v) is 3.30. The molecule has 0 aliphatic carbocycles. The number of methoxy groups -OCH3 is 1. The topological polar surface area (TPSA) is 34.1 Å². The maximum atomic E-state index is 4.97. The molecule has 0 radical (unpaired) electrons. The van der Waals surface area contributed by atoms with Gasteiger partial charge in [-0.05, 0) is 23.1 Å². The highest BCUT2D eigenvalue weighted by Crippen LogP contribution is 2.22. The van der Waals surface area contributed by atoms with Gasteiger partial charge in [-0.25, -0.2) is 0 Å². The van der Waals surface area contributed by atoms with Gasteiger partial charge in [0.15, 0.2) is 0 Å². The van der Waals surface area contributed by atoms with E-state index in [2.05, 4.69) is 33.9 Å². The summed E-state index contributed by atoms with van der Waals surface area (Å²) < 4.78 is 4.97. The van der Waals surface area contributed by atoms with Crippen molar-refractivity contribution in [2.45, 2.75) is 6.54 Å². The van der Waals surface area contributed by atoms with Crippen LogP contribution >= 0.6 is 11.3 Å². The number of thiophene rings is 1. The molecule has 0 spiro atoms. The van der Waals surface area contributed by atoms with Crippen LogP contribution in [0.5, 0.6) is 0 Å². The molecule has 0 aliphatic rings. The Morgan fingerprint density at radius 2 is 2.29 bits per heavy atom. The average molecular weight is 248 g/mol. The Balaban J connectivity index is 1.90. The first-order chi connectivity index (χ1) is 8.40. The zero-order valence-corrected chi connectivity index (χ0v) is 10.7. The molecule has 0 bridgehead atoms. The number of pyridine rings is 1. The molecule has 2 aromatic heterocycles. The summed E-state index contributed by atoms with van der Waals surface area (Å²) in [6.45, 7) is 2.44. The summed E-state index contributed by atoms with van der Waals surface area (Å²) in [6, 6.07) is 8.31. The Hall–Kier alpha value is -1.23. The number of ether oxygens (including phenoxy) is 1. The van der Waals surface area contributed by atoms with Gasteiger partial charge in [0.1, 0.15) is 0 Å². The van der Waals surface area contributed by atoms with E-state index in [-0.39, 0.29) is 0 Å². The third kappa shape index (κ3) is 3.63. The molecule has 2 aromatic rings. The molecule has 0 atom stereocenters. The molecule has 0 aliphatic heterocycles. The van der Waals surface area contributed by atoms with E-state index >= 15 is 0 Å². The van der Waals surface area contributed by atoms with Crippen LogP contribution in [0.2, 0.25) is 0 Å². The van der Waals surface area contributed by atoms with Gasteiger partial charge < -0.3 is 10.1 Å². The molecular formula is C13H16N2OS. The molecule has 0 saturated heterocycles. The second-order valence-corrected chi connectivity index (χ2v) is 4.65. The number of rotatable bonds is 6. The van der Waals surface area contributed by atoms with E-state index in [0.717, 1.165) is 25.4 Å². The van der Waals surface area contributed by atoms with Crippen LogP contribution in [0.4, 0.5) is 0 Å². The van der Waals surface area contributed by atoms with Crippen molar-refractivity contribution in [1.29, 1.82) is 0 Å². The number of nitrogens with one attached hydrogen (secondary N) is 1. The van der Waals surface area contributed by atoms with Gasteiger partial charge in [-0.3, -0.25) is 4.98 Å². The van der Waals surface area contributed by atoms with Crippen LogP contribution in [0.25, 0.3) is 10.6 Å². The molecule has 0 amide bonds. The van der Waals surface area contributed by atoms with Crippen LogP contribution in [-0.2, 0) is 11.3 Å². The summed E-state index contributed by atoms with van der Waals surface area (Å²) in [7, 11) is 1.71. The standard InChI is InChI=1S/C13H16N2OS/c1-16-7-6-14-9-11-4-5-12(15-10-11)13-3-2-8-17-13/h2-5,8,10,14H,6-7,9H2,1H3. The highest BCUT2D eigenvalue weighted by molar-refractivity contribution is 7.13. The molecule has 0 saturated carbocycles. The smallest absolute Gasteiger partial charge is 0.0801 e. The third-order valence-electron chi connectivity index (χ3n) is 2.41. The Morgan fingerprint density at radius 3 is 2.94 bits per heavy atom. The first kappa shape index (κ1) is 12.2. The molecular weight excluding hydrogens is 232 g/mol. The summed E-state index contributed by atoms with van der Waals surface area (Å²) in [5.41, 5.74) is 2.24. The van der Waals surface area contributed by atoms with Crippen LogP contribution < -0.4 is 5.32 Å². The summed E-state index contributed by atoms with van der Waals surface area (Å²) in [5.74, 6) is 0. The molecule has 4 heteroatoms. The van der Waals surface area contributed by atoms with Crippen molar-refractivity contribution in [3.05, 3.63) is 41.4 Å². The fourth-order valence-electron chi connectivity index (χ4n) is 1.51. The van der Waals surface area contributed by atoms with E-state index in [1.807, 2.05) is 12.3 Å². The molecule has 3 nitrogen and oxygen atoms in total. The van der Waals surface area contributed by atoms with Crippen LogP contribution in [0.1, 0.15) is 5.56 Å². The van der Waals surface area contributed by atoms with Gasteiger partial charge >= 0.3 is 0 Å². The summed E-state index contributed by atoms with van der Waals surface area (Å²) >= 11 is 1.71. The molecule has 17 heavy (non-hydrogen) atoms. The largest absolute Gasteiger partial charge is 0.383 e. The van der Waals surface area contributed by atoms with Crippen LogP contribution in [0, 0.1) is 0 Å². The van der Waals surface area contributed by atoms with E-state index in [4.69, 9.17) is 4.74 Å². The fourth-order valence-corrected chi connectivity index (χ4v) is 2.21. The highest BCUT2D eigenvalue weighted by Gasteiger charge is 2.00. The van der Waals surface area contributed by atoms with Gasteiger partial charge in [-0.2, -0.15) is 0 Å². The minimum Gasteiger partial charge on any atom is -0.383 e. The molecule has 2 heterocycles. The van der Waals surface area contributed by atoms with Gasteiger partial charge in [-0.15, -0.1) is 11.3 Å². The number of hydrogen-bond acceptors (Lipinski definition) is 4. The first-order valence-electron chi connectivity index (χ1n) is 5.58. The summed E-state index contributed by atoms with van der Waals surface area (Å²) in [5, 5.41) is 5.36. The predicted molar refractivity (Wildman–Crippen MR) is 71.1 cm³/mol. The molecule has 1 N–H and O–H groups in total. The first-order valence-corrected chi connectivity index (χ1v) is 6.46. The van der Waals surface area contributed by atoms with Gasteiger partial charge in [0, 0.05) is 26.4 Å². The Morgan fingerprint density at radius 1 is 1.35 bits per heavy atom. The Bertz CT molecular complexity index is 425. The van der Waals surface area contributed by atoms with Crippen molar-refractivity contribution < 1.29 is 4.74 Å². The van der Waals surface area contributed by atoms with E-state index in [0.29, 0.717) is 0 Å². The Labute approximate surface area is 105 Å². The predicted octanol–water partition coefficient (Wildman–Crippen LogP) is 2.55. The molecule has 2 rings (SSSR count). The lowest BCUT2D eigenvalue weighted by Crippen LogP contribution is -2.18. The van der Waals surface area contributed by atoms with Crippen molar-refractivity contribution in [3.8, 4) is 10.6 Å². The van der Waals surface area contributed by atoms with Crippen LogP contribution in [0.3, 0.4) is 0 Å². The number of nitrogens with zero attached hydrogens (tertiary/aromatic N) is 1. The lowest BCUT2D eigenvalue weighted by atomic mass is 10.2. The van der Waals surface area contributed by atoms with Crippen molar-refractivity contribution in [3.63, 3.8) is 0 Å². The van der Waals surface area contributed by atoms with Gasteiger partial charge in [-0.1, -0.05) is 12.1 Å². The second-order valence-electron chi connectivity index (χ2n) is 3.70. The quantitative estimate of drug-likeness (QED) is 0.798. The van der Waals surface area contributed by atoms with Crippen LogP contribution in [0.15, 0.2) is 35.8 Å². The minimum atomic E-state index is 0.737. The maximum absolute atomic E-state index is 4.97. The van der Waals surface area contributed by atoms with Gasteiger partial charge in [0.05, 0.1) is 17.2 Å². The van der Waals surface area contributed by atoms with Crippen molar-refractivity contribution >= 4 is 11.3 Å². The van der Waals surface area contributed by atoms with E-state index in [1.165, 1.54) is 10.4 Å². The van der Waals surface area contributed by atoms with Crippen molar-refractivity contribution in [2.24, 2.45) is 0 Å². The zero-order chi connectivity index (χ0) is 11.9. The second kappa shape index (κ2) is 6.49. The molecule has 0 fully saturated rings. The maximum Gasteiger partial charge on any atom is 0.0801 e. The van der Waals surface area contributed by atoms with Crippen molar-refractivity contribution in [2.75, 3.05) is 20.3 Å². The average Bonchev–Trinajstić information content (AvgIpc) is 2.89. The fraction of sp³-hybridized carbons (Fsp3) is 0.308. The van der Waals surface area contributed by atoms with Gasteiger partial charge in [0.2, 0.25) is 0 Å². The normalized spacial score (nSPS) is 10.6. The number of aromatic nitrogens is 1. The molecule has 0 unspecified atom stereocenters. The van der Waals surface area contributed by atoms with Crippen molar-refractivity contribution in [1.82, 2.24) is 10.3 Å². The van der Waals surface area contributed by atoms with E-state index in [1.54, 1.807) is 18.4 Å². The zero-order valence-electron chi connectivity index (χ0n) is 9.85. The molecule has 90 valence electrons. The van der Waals surface area contributed by atoms with Crippen LogP contribution in [-0.4, -0.2) is 25.2 Å². The van der Waals surface area contributed by atoms with Gasteiger partial charge in [0.25, 0.3) is 0 Å². The lowest BCUT2D eigenvalue weighted by Gasteiger charge is -2.04. The SMILES string of the molecule is COCCNCc1ccc(-c2cccs2)nc1. The van der Waals surface area contributed by atoms with E-state index in [9.17, 15) is 0 Å². The summed E-state index contributed by atoms with van der Waals surface area (Å²) in [6.07, 6.45) is 1.93. The molecule has 0 aromatic carbocycles. The summed E-state index contributed by atoms with van der Waals surface area (Å²) in [4.78, 5) is 5.67. The number of hydrogen-bond donors (Lipinski definition) is 1. The minimum absolute atomic E-state index is 0.737. The van der Waals surface area contributed by atoms with E-state index < -0.39 is 0 Å². The highest BCUT2D eigenvalue weighted by atomic mass is 32.1. The Kier molecular flexibility index (Phi) is 4.67. The monoisotopic (exact) mass is 248 g/mol.